The molecule has 7 heteroatoms. The summed E-state index contributed by atoms with van der Waals surface area (Å²) < 4.78 is 27.3. The van der Waals surface area contributed by atoms with Crippen LogP contribution >= 0.6 is 0 Å². The summed E-state index contributed by atoms with van der Waals surface area (Å²) in [6.45, 7) is 2.03. The number of nitrogens with two attached hydrogens (primary N) is 1. The summed E-state index contributed by atoms with van der Waals surface area (Å²) in [5.74, 6) is 2.83. The number of hydrogen-bond donors (Lipinski definition) is 3. The number of rotatable bonds is 3. The Labute approximate surface area is 121 Å². The quantitative estimate of drug-likeness (QED) is 0.579. The Balaban J connectivity index is 1.74. The Hall–Kier alpha value is -1.73. The molecule has 1 amide bonds. The molecular formula is C14H18F2N4O. The van der Waals surface area contributed by atoms with Crippen molar-refractivity contribution < 1.29 is 13.6 Å². The van der Waals surface area contributed by atoms with Gasteiger partial charge in [-0.05, 0) is 37.9 Å². The van der Waals surface area contributed by atoms with Gasteiger partial charge in [-0.25, -0.2) is 8.78 Å². The van der Waals surface area contributed by atoms with Gasteiger partial charge in [-0.1, -0.05) is 0 Å². The second-order valence-electron chi connectivity index (χ2n) is 5.57. The van der Waals surface area contributed by atoms with Gasteiger partial charge in [0, 0.05) is 24.2 Å². The Bertz CT molecular complexity index is 543. The summed E-state index contributed by atoms with van der Waals surface area (Å²) in [6.07, 6.45) is 3.07. The number of fused-ring (bicyclic) bond motifs is 1. The van der Waals surface area contributed by atoms with Gasteiger partial charge >= 0.3 is 0 Å². The van der Waals surface area contributed by atoms with Crippen molar-refractivity contribution in [2.75, 3.05) is 18.5 Å². The summed E-state index contributed by atoms with van der Waals surface area (Å²) in [6, 6.07) is 2.40. The number of hydrogen-bond acceptors (Lipinski definition) is 4. The highest BCUT2D eigenvalue weighted by Gasteiger charge is 2.37. The van der Waals surface area contributed by atoms with E-state index >= 15 is 0 Å². The monoisotopic (exact) mass is 296 g/mol. The molecular weight excluding hydrogens is 278 g/mol. The summed E-state index contributed by atoms with van der Waals surface area (Å²) in [7, 11) is 0. The van der Waals surface area contributed by atoms with Crippen molar-refractivity contribution in [3.63, 3.8) is 0 Å². The molecule has 2 heterocycles. The third-order valence-corrected chi connectivity index (χ3v) is 4.37. The maximum Gasteiger partial charge on any atom is 0.251 e. The van der Waals surface area contributed by atoms with E-state index in [2.05, 4.69) is 10.2 Å². The zero-order valence-electron chi connectivity index (χ0n) is 11.5. The number of benzene rings is 1. The molecule has 2 aliphatic rings. The number of carbonyl (C=O) groups is 1. The van der Waals surface area contributed by atoms with Gasteiger partial charge in [0.2, 0.25) is 0 Å². The van der Waals surface area contributed by atoms with Crippen molar-refractivity contribution in [1.82, 2.24) is 10.2 Å². The minimum atomic E-state index is -0.878. The van der Waals surface area contributed by atoms with Gasteiger partial charge in [-0.2, -0.15) is 0 Å². The van der Waals surface area contributed by atoms with E-state index in [9.17, 15) is 13.6 Å². The van der Waals surface area contributed by atoms with Crippen LogP contribution in [0.4, 0.5) is 14.5 Å². The van der Waals surface area contributed by atoms with Crippen LogP contribution in [0.3, 0.4) is 0 Å². The molecule has 2 unspecified atom stereocenters. The topological polar surface area (TPSA) is 70.4 Å². The standard InChI is InChI=1S/C14H18F2N4O/c15-9-6-8(7-10(16)13(9)19-17)14(21)18-11-3-5-20-4-1-2-12(11)20/h6-7,11-12,19H,1-5,17H2,(H,18,21). The molecule has 2 atom stereocenters. The van der Waals surface area contributed by atoms with Gasteiger partial charge < -0.3 is 10.7 Å². The van der Waals surface area contributed by atoms with Gasteiger partial charge in [0.25, 0.3) is 5.91 Å². The molecule has 2 fully saturated rings. The highest BCUT2D eigenvalue weighted by atomic mass is 19.1. The number of carbonyl (C=O) groups excluding carboxylic acids is 1. The Morgan fingerprint density at radius 2 is 1.95 bits per heavy atom. The first kappa shape index (κ1) is 14.2. The Morgan fingerprint density at radius 1 is 1.24 bits per heavy atom. The van der Waals surface area contributed by atoms with Gasteiger partial charge in [0.1, 0.15) is 5.69 Å². The lowest BCUT2D eigenvalue weighted by Gasteiger charge is -2.21. The van der Waals surface area contributed by atoms with Crippen LogP contribution in [0.2, 0.25) is 0 Å². The number of nitrogen functional groups attached to an aromatic ring is 1. The number of amides is 1. The van der Waals surface area contributed by atoms with Gasteiger partial charge in [0.15, 0.2) is 11.6 Å². The number of nitrogens with zero attached hydrogens (tertiary/aromatic N) is 1. The highest BCUT2D eigenvalue weighted by Crippen LogP contribution is 2.28. The molecule has 5 nitrogen and oxygen atoms in total. The predicted molar refractivity (Wildman–Crippen MR) is 74.6 cm³/mol. The lowest BCUT2D eigenvalue weighted by atomic mass is 10.1. The summed E-state index contributed by atoms with van der Waals surface area (Å²) in [4.78, 5) is 14.5. The minimum absolute atomic E-state index is 0.0274. The molecule has 3 rings (SSSR count). The van der Waals surface area contributed by atoms with Crippen LogP contribution in [0, 0.1) is 11.6 Å². The molecule has 2 saturated heterocycles. The van der Waals surface area contributed by atoms with E-state index in [-0.39, 0.29) is 11.6 Å². The third-order valence-electron chi connectivity index (χ3n) is 4.37. The smallest absolute Gasteiger partial charge is 0.251 e. The van der Waals surface area contributed by atoms with E-state index in [1.165, 1.54) is 0 Å². The number of anilines is 1. The van der Waals surface area contributed by atoms with Crippen molar-refractivity contribution in [2.24, 2.45) is 5.84 Å². The van der Waals surface area contributed by atoms with E-state index in [0.717, 1.165) is 44.5 Å². The van der Waals surface area contributed by atoms with Crippen molar-refractivity contribution in [3.8, 4) is 0 Å². The molecule has 0 aromatic heterocycles. The van der Waals surface area contributed by atoms with E-state index < -0.39 is 23.2 Å². The fraction of sp³-hybridized carbons (Fsp3) is 0.500. The summed E-state index contributed by atoms with van der Waals surface area (Å²) in [5.41, 5.74) is 1.48. The third kappa shape index (κ3) is 2.58. The first-order valence-corrected chi connectivity index (χ1v) is 7.10. The average Bonchev–Trinajstić information content (AvgIpc) is 3.03. The van der Waals surface area contributed by atoms with Crippen LogP contribution in [0.1, 0.15) is 29.6 Å². The second-order valence-corrected chi connectivity index (χ2v) is 5.57. The molecule has 21 heavy (non-hydrogen) atoms. The summed E-state index contributed by atoms with van der Waals surface area (Å²) >= 11 is 0. The fourth-order valence-electron chi connectivity index (χ4n) is 3.34. The minimum Gasteiger partial charge on any atom is -0.348 e. The summed E-state index contributed by atoms with van der Waals surface area (Å²) in [5, 5.41) is 2.89. The molecule has 2 aliphatic heterocycles. The first-order valence-electron chi connectivity index (χ1n) is 7.10. The maximum absolute atomic E-state index is 13.6. The number of nitrogens with one attached hydrogen (secondary N) is 2. The maximum atomic E-state index is 13.6. The normalized spacial score (nSPS) is 24.9. The molecule has 0 saturated carbocycles. The number of hydrazine groups is 1. The second kappa shape index (κ2) is 5.57. The molecule has 4 N–H and O–H groups in total. The molecule has 114 valence electrons. The van der Waals surface area contributed by atoms with Crippen molar-refractivity contribution in [3.05, 3.63) is 29.3 Å². The largest absolute Gasteiger partial charge is 0.348 e. The van der Waals surface area contributed by atoms with Crippen LogP contribution in [-0.4, -0.2) is 36.0 Å². The lowest BCUT2D eigenvalue weighted by Crippen LogP contribution is -2.42. The van der Waals surface area contributed by atoms with Crippen LogP contribution in [-0.2, 0) is 0 Å². The average molecular weight is 296 g/mol. The molecule has 0 spiro atoms. The zero-order chi connectivity index (χ0) is 15.0. The van der Waals surface area contributed by atoms with Gasteiger partial charge in [-0.15, -0.1) is 0 Å². The van der Waals surface area contributed by atoms with Crippen molar-refractivity contribution in [1.29, 1.82) is 0 Å². The number of halogens is 2. The van der Waals surface area contributed by atoms with Gasteiger partial charge in [-0.3, -0.25) is 15.5 Å². The highest BCUT2D eigenvalue weighted by molar-refractivity contribution is 5.95. The van der Waals surface area contributed by atoms with Crippen molar-refractivity contribution in [2.45, 2.75) is 31.3 Å². The van der Waals surface area contributed by atoms with Crippen LogP contribution in [0.5, 0.6) is 0 Å². The predicted octanol–water partition coefficient (Wildman–Crippen LogP) is 1.22. The van der Waals surface area contributed by atoms with E-state index in [1.54, 1.807) is 0 Å². The Kier molecular flexibility index (Phi) is 3.77. The Morgan fingerprint density at radius 3 is 2.62 bits per heavy atom. The SMILES string of the molecule is NNc1c(F)cc(C(=O)NC2CCN3CCCC23)cc1F. The van der Waals surface area contributed by atoms with Crippen LogP contribution in [0.25, 0.3) is 0 Å². The van der Waals surface area contributed by atoms with Crippen LogP contribution < -0.4 is 16.6 Å². The van der Waals surface area contributed by atoms with E-state index in [4.69, 9.17) is 5.84 Å². The molecule has 0 radical (unpaired) electrons. The fourth-order valence-corrected chi connectivity index (χ4v) is 3.34. The molecule has 1 aromatic carbocycles. The zero-order valence-corrected chi connectivity index (χ0v) is 11.5. The van der Waals surface area contributed by atoms with E-state index in [1.807, 2.05) is 5.43 Å². The lowest BCUT2D eigenvalue weighted by molar-refractivity contribution is 0.0928. The molecule has 0 aliphatic carbocycles. The van der Waals surface area contributed by atoms with Crippen molar-refractivity contribution >= 4 is 11.6 Å². The van der Waals surface area contributed by atoms with E-state index in [0.29, 0.717) is 6.04 Å². The van der Waals surface area contributed by atoms with Crippen LogP contribution in [0.15, 0.2) is 12.1 Å². The molecule has 1 aromatic rings. The molecule has 0 bridgehead atoms. The first-order chi connectivity index (χ1) is 10.1. The van der Waals surface area contributed by atoms with Gasteiger partial charge in [0.05, 0.1) is 0 Å².